The van der Waals surface area contributed by atoms with E-state index in [1.165, 1.54) is 38.5 Å². The van der Waals surface area contributed by atoms with Gasteiger partial charge in [0.05, 0.1) is 5.75 Å². The van der Waals surface area contributed by atoms with Crippen LogP contribution in [-0.2, 0) is 4.79 Å². The van der Waals surface area contributed by atoms with E-state index in [-0.39, 0.29) is 5.91 Å². The first-order chi connectivity index (χ1) is 12.0. The van der Waals surface area contributed by atoms with Gasteiger partial charge in [0.2, 0.25) is 5.91 Å². The van der Waals surface area contributed by atoms with E-state index in [1.807, 2.05) is 36.9 Å². The van der Waals surface area contributed by atoms with Crippen molar-refractivity contribution in [3.63, 3.8) is 0 Å². The van der Waals surface area contributed by atoms with Crippen molar-refractivity contribution in [2.75, 3.05) is 11.1 Å². The minimum atomic E-state index is 0.101. The Morgan fingerprint density at radius 2 is 1.88 bits per heavy atom. The highest BCUT2D eigenvalue weighted by atomic mass is 32.2. The lowest BCUT2D eigenvalue weighted by Gasteiger charge is -2.56. The van der Waals surface area contributed by atoms with Gasteiger partial charge in [-0.2, -0.15) is 5.26 Å². The van der Waals surface area contributed by atoms with E-state index in [0.29, 0.717) is 10.5 Å². The van der Waals surface area contributed by atoms with Gasteiger partial charge < -0.3 is 5.32 Å². The van der Waals surface area contributed by atoms with E-state index in [1.54, 1.807) is 0 Å². The summed E-state index contributed by atoms with van der Waals surface area (Å²) >= 11 is 3.07. The molecule has 25 heavy (non-hydrogen) atoms. The molecular weight excluding hydrogens is 348 g/mol. The van der Waals surface area contributed by atoms with Crippen LogP contribution in [-0.4, -0.2) is 16.4 Å². The molecule has 5 rings (SSSR count). The van der Waals surface area contributed by atoms with Gasteiger partial charge in [0.25, 0.3) is 0 Å². The molecule has 1 aromatic carbocycles. The van der Waals surface area contributed by atoms with Crippen LogP contribution in [0.25, 0.3) is 0 Å². The topological polar surface area (TPSA) is 52.9 Å². The molecule has 0 heterocycles. The number of carbonyl (C=O) groups excluding carboxylic acids is 1. The number of nitrogens with one attached hydrogen (secondary N) is 1. The van der Waals surface area contributed by atoms with Gasteiger partial charge in [0.15, 0.2) is 0 Å². The van der Waals surface area contributed by atoms with Crippen molar-refractivity contribution in [3.8, 4) is 5.40 Å². The molecule has 4 saturated carbocycles. The second-order valence-electron chi connectivity index (χ2n) is 8.11. The van der Waals surface area contributed by atoms with Gasteiger partial charge in [0, 0.05) is 15.3 Å². The van der Waals surface area contributed by atoms with Crippen molar-refractivity contribution >= 4 is 35.1 Å². The Labute approximate surface area is 158 Å². The molecule has 1 amide bonds. The molecule has 0 aromatic heterocycles. The molecule has 0 unspecified atom stereocenters. The second-order valence-corrected chi connectivity index (χ2v) is 10.4. The number of anilines is 1. The summed E-state index contributed by atoms with van der Waals surface area (Å²) in [6.45, 7) is 1.98. The van der Waals surface area contributed by atoms with Crippen molar-refractivity contribution in [2.45, 2.75) is 55.1 Å². The molecule has 0 atom stereocenters. The number of thioether (sulfide) groups is 2. The molecule has 4 bridgehead atoms. The van der Waals surface area contributed by atoms with Crippen LogP contribution in [0.1, 0.15) is 44.1 Å². The molecule has 4 aliphatic rings. The Hall–Kier alpha value is -1.12. The molecule has 4 fully saturated rings. The molecule has 3 nitrogen and oxygen atoms in total. The smallest absolute Gasteiger partial charge is 0.234 e. The Kier molecular flexibility index (Phi) is 4.77. The second kappa shape index (κ2) is 6.89. The minimum absolute atomic E-state index is 0.101. The van der Waals surface area contributed by atoms with Gasteiger partial charge >= 0.3 is 0 Å². The number of aryl methyl sites for hydroxylation is 1. The fourth-order valence-corrected chi connectivity index (χ4v) is 7.55. The van der Waals surface area contributed by atoms with E-state index in [9.17, 15) is 4.79 Å². The van der Waals surface area contributed by atoms with Gasteiger partial charge in [-0.25, -0.2) is 0 Å². The summed E-state index contributed by atoms with van der Waals surface area (Å²) in [6.07, 6.45) is 8.32. The highest BCUT2D eigenvalue weighted by Crippen LogP contribution is 2.60. The molecular formula is C20H24N2OS2. The highest BCUT2D eigenvalue weighted by Gasteiger charge is 2.51. The third-order valence-electron chi connectivity index (χ3n) is 6.13. The van der Waals surface area contributed by atoms with Crippen LogP contribution in [0.2, 0.25) is 0 Å². The Bertz CT molecular complexity index is 690. The zero-order valence-electron chi connectivity index (χ0n) is 14.6. The third-order valence-corrected chi connectivity index (χ3v) is 8.23. The first kappa shape index (κ1) is 17.3. The molecule has 0 spiro atoms. The quantitative estimate of drug-likeness (QED) is 0.569. The van der Waals surface area contributed by atoms with Crippen LogP contribution >= 0.6 is 23.5 Å². The lowest BCUT2D eigenvalue weighted by Crippen LogP contribution is -2.49. The van der Waals surface area contributed by atoms with Crippen molar-refractivity contribution in [1.29, 1.82) is 5.26 Å². The number of benzene rings is 1. The molecule has 132 valence electrons. The largest absolute Gasteiger partial charge is 0.325 e. The van der Waals surface area contributed by atoms with E-state index >= 15 is 0 Å². The van der Waals surface area contributed by atoms with Crippen LogP contribution in [0, 0.1) is 35.3 Å². The van der Waals surface area contributed by atoms with E-state index in [0.717, 1.165) is 45.7 Å². The lowest BCUT2D eigenvalue weighted by atomic mass is 9.56. The molecule has 4 aliphatic carbocycles. The first-order valence-electron chi connectivity index (χ1n) is 9.16. The monoisotopic (exact) mass is 372 g/mol. The number of hydrogen-bond acceptors (Lipinski definition) is 4. The van der Waals surface area contributed by atoms with Crippen molar-refractivity contribution < 1.29 is 4.79 Å². The Morgan fingerprint density at radius 1 is 1.24 bits per heavy atom. The summed E-state index contributed by atoms with van der Waals surface area (Å²) in [7, 11) is 0. The number of thiocyanates is 1. The molecule has 0 aliphatic heterocycles. The number of nitrogens with zero attached hydrogens (tertiary/aromatic N) is 1. The number of hydrogen-bond donors (Lipinski definition) is 1. The van der Waals surface area contributed by atoms with Gasteiger partial charge in [-0.3, -0.25) is 4.79 Å². The summed E-state index contributed by atoms with van der Waals surface area (Å²) < 4.78 is 0.383. The van der Waals surface area contributed by atoms with Gasteiger partial charge in [-0.1, -0.05) is 0 Å². The number of carbonyl (C=O) groups is 1. The zero-order valence-corrected chi connectivity index (χ0v) is 16.2. The van der Waals surface area contributed by atoms with Crippen LogP contribution in [0.3, 0.4) is 0 Å². The van der Waals surface area contributed by atoms with Crippen molar-refractivity contribution in [2.24, 2.45) is 17.8 Å². The van der Waals surface area contributed by atoms with Crippen molar-refractivity contribution in [3.05, 3.63) is 23.8 Å². The van der Waals surface area contributed by atoms with Gasteiger partial charge in [-0.15, -0.1) is 11.8 Å². The number of amides is 1. The fraction of sp³-hybridized carbons (Fsp3) is 0.600. The number of nitriles is 1. The SMILES string of the molecule is Cc1cc(SC#N)ccc1NC(=O)CSC12CC3CC(CC(C3)C1)C2. The molecule has 0 saturated heterocycles. The summed E-state index contributed by atoms with van der Waals surface area (Å²) in [5.74, 6) is 3.43. The van der Waals surface area contributed by atoms with Crippen LogP contribution < -0.4 is 5.32 Å². The maximum absolute atomic E-state index is 12.5. The molecule has 0 radical (unpaired) electrons. The van der Waals surface area contributed by atoms with Crippen LogP contribution in [0.5, 0.6) is 0 Å². The highest BCUT2D eigenvalue weighted by molar-refractivity contribution is 8.03. The van der Waals surface area contributed by atoms with E-state index in [4.69, 9.17) is 5.26 Å². The average molecular weight is 373 g/mol. The normalized spacial score (nSPS) is 32.4. The maximum Gasteiger partial charge on any atom is 0.234 e. The molecule has 1 N–H and O–H groups in total. The zero-order chi connectivity index (χ0) is 17.4. The summed E-state index contributed by atoms with van der Waals surface area (Å²) in [6, 6.07) is 5.75. The lowest BCUT2D eigenvalue weighted by molar-refractivity contribution is -0.113. The third kappa shape index (κ3) is 3.71. The predicted molar refractivity (Wildman–Crippen MR) is 105 cm³/mol. The van der Waals surface area contributed by atoms with Crippen LogP contribution in [0.15, 0.2) is 23.1 Å². The average Bonchev–Trinajstić information content (AvgIpc) is 2.55. The minimum Gasteiger partial charge on any atom is -0.325 e. The Balaban J connectivity index is 1.35. The molecule has 5 heteroatoms. The Morgan fingerprint density at radius 3 is 2.44 bits per heavy atom. The maximum atomic E-state index is 12.5. The van der Waals surface area contributed by atoms with Gasteiger partial charge in [-0.05, 0) is 98.7 Å². The van der Waals surface area contributed by atoms with Crippen LogP contribution in [0.4, 0.5) is 5.69 Å². The standard InChI is InChI=1S/C20H24N2OS2/c1-13-4-17(24-12-21)2-3-18(13)22-19(23)11-25-20-8-14-5-15(9-20)7-16(6-14)10-20/h2-4,14-16H,5-11H2,1H3,(H,22,23). The summed E-state index contributed by atoms with van der Waals surface area (Å²) in [5, 5.41) is 13.9. The van der Waals surface area contributed by atoms with E-state index < -0.39 is 0 Å². The van der Waals surface area contributed by atoms with E-state index in [2.05, 4.69) is 10.7 Å². The summed E-state index contributed by atoms with van der Waals surface area (Å²) in [5.41, 5.74) is 1.87. The fourth-order valence-electron chi connectivity index (χ4n) is 5.51. The predicted octanol–water partition coefficient (Wildman–Crippen LogP) is 5.21. The van der Waals surface area contributed by atoms with Gasteiger partial charge in [0.1, 0.15) is 5.40 Å². The first-order valence-corrected chi connectivity index (χ1v) is 11.0. The number of rotatable bonds is 5. The summed E-state index contributed by atoms with van der Waals surface area (Å²) in [4.78, 5) is 13.4. The van der Waals surface area contributed by atoms with Crippen molar-refractivity contribution in [1.82, 2.24) is 0 Å². The molecule has 1 aromatic rings.